The van der Waals surface area contributed by atoms with E-state index in [0.29, 0.717) is 11.3 Å². The first-order valence-corrected chi connectivity index (χ1v) is 4.72. The third-order valence-electron chi connectivity index (χ3n) is 2.16. The number of nitrogens with zero attached hydrogens (tertiary/aromatic N) is 2. The fourth-order valence-corrected chi connectivity index (χ4v) is 1.35. The van der Waals surface area contributed by atoms with Gasteiger partial charge in [0.1, 0.15) is 0 Å². The van der Waals surface area contributed by atoms with Gasteiger partial charge in [0.05, 0.1) is 11.4 Å². The molecule has 0 spiro atoms. The fourth-order valence-electron chi connectivity index (χ4n) is 1.35. The van der Waals surface area contributed by atoms with E-state index in [1.165, 1.54) is 4.90 Å². The molecular formula is C11H17N3O. The molecule has 0 saturated heterocycles. The molecule has 82 valence electrons. The Morgan fingerprint density at radius 1 is 1.20 bits per heavy atom. The molecule has 1 aromatic rings. The zero-order valence-electron chi connectivity index (χ0n) is 9.61. The molecule has 4 heteroatoms. The number of carbonyl (C=O) groups excluding carboxylic acids is 1. The molecule has 0 aliphatic rings. The molecule has 15 heavy (non-hydrogen) atoms. The number of amides is 1. The molecular weight excluding hydrogens is 190 g/mol. The van der Waals surface area contributed by atoms with Crippen LogP contribution in [0.5, 0.6) is 0 Å². The first kappa shape index (κ1) is 11.4. The standard InChI is InChI=1S/C11H17N3O/c1-13(2)10-6-5-8(7-9(10)12)11(15)14(3)4/h5-7H,12H2,1-4H3. The second-order valence-corrected chi connectivity index (χ2v) is 3.87. The molecule has 1 aromatic carbocycles. The quantitative estimate of drug-likeness (QED) is 0.737. The number of rotatable bonds is 2. The van der Waals surface area contributed by atoms with Gasteiger partial charge in [0, 0.05) is 33.8 Å². The molecule has 0 saturated carbocycles. The van der Waals surface area contributed by atoms with Crippen molar-refractivity contribution in [3.05, 3.63) is 23.8 Å². The summed E-state index contributed by atoms with van der Waals surface area (Å²) in [5, 5.41) is 0. The molecule has 2 N–H and O–H groups in total. The highest BCUT2D eigenvalue weighted by atomic mass is 16.2. The highest BCUT2D eigenvalue weighted by Crippen LogP contribution is 2.22. The molecule has 0 radical (unpaired) electrons. The van der Waals surface area contributed by atoms with Gasteiger partial charge in [0.15, 0.2) is 0 Å². The second-order valence-electron chi connectivity index (χ2n) is 3.87. The molecule has 1 amide bonds. The highest BCUT2D eigenvalue weighted by Gasteiger charge is 2.10. The number of nitrogen functional groups attached to an aromatic ring is 1. The third kappa shape index (κ3) is 2.40. The summed E-state index contributed by atoms with van der Waals surface area (Å²) in [6, 6.07) is 5.35. The third-order valence-corrected chi connectivity index (χ3v) is 2.16. The van der Waals surface area contributed by atoms with Crippen molar-refractivity contribution >= 4 is 17.3 Å². The lowest BCUT2D eigenvalue weighted by Crippen LogP contribution is -2.22. The highest BCUT2D eigenvalue weighted by molar-refractivity contribution is 5.95. The van der Waals surface area contributed by atoms with Gasteiger partial charge >= 0.3 is 0 Å². The maximum absolute atomic E-state index is 11.6. The Morgan fingerprint density at radius 3 is 2.20 bits per heavy atom. The van der Waals surface area contributed by atoms with Crippen LogP contribution >= 0.6 is 0 Å². The van der Waals surface area contributed by atoms with Crippen molar-refractivity contribution in [2.75, 3.05) is 38.8 Å². The van der Waals surface area contributed by atoms with E-state index in [2.05, 4.69) is 0 Å². The first-order valence-electron chi connectivity index (χ1n) is 4.72. The van der Waals surface area contributed by atoms with Crippen molar-refractivity contribution in [1.29, 1.82) is 0 Å². The SMILES string of the molecule is CN(C)C(=O)c1ccc(N(C)C)c(N)c1. The number of hydrogen-bond donors (Lipinski definition) is 1. The lowest BCUT2D eigenvalue weighted by Gasteiger charge is -2.17. The van der Waals surface area contributed by atoms with Gasteiger partial charge in [-0.05, 0) is 18.2 Å². The largest absolute Gasteiger partial charge is 0.397 e. The van der Waals surface area contributed by atoms with Crippen molar-refractivity contribution in [2.45, 2.75) is 0 Å². The van der Waals surface area contributed by atoms with Gasteiger partial charge in [-0.25, -0.2) is 0 Å². The van der Waals surface area contributed by atoms with Crippen LogP contribution in [0.25, 0.3) is 0 Å². The second kappa shape index (κ2) is 4.21. The lowest BCUT2D eigenvalue weighted by atomic mass is 10.1. The molecule has 4 nitrogen and oxygen atoms in total. The Kier molecular flexibility index (Phi) is 3.19. The molecule has 1 rings (SSSR count). The average molecular weight is 207 g/mol. The van der Waals surface area contributed by atoms with Crippen LogP contribution in [0.3, 0.4) is 0 Å². The molecule has 0 atom stereocenters. The number of carbonyl (C=O) groups is 1. The lowest BCUT2D eigenvalue weighted by molar-refractivity contribution is 0.0827. The Labute approximate surface area is 90.3 Å². The van der Waals surface area contributed by atoms with E-state index < -0.39 is 0 Å². The van der Waals surface area contributed by atoms with E-state index in [9.17, 15) is 4.79 Å². The average Bonchev–Trinajstić information content (AvgIpc) is 2.15. The van der Waals surface area contributed by atoms with Crippen LogP contribution < -0.4 is 10.6 Å². The predicted molar refractivity (Wildman–Crippen MR) is 63.2 cm³/mol. The van der Waals surface area contributed by atoms with Crippen LogP contribution in [0.4, 0.5) is 11.4 Å². The Morgan fingerprint density at radius 2 is 1.80 bits per heavy atom. The topological polar surface area (TPSA) is 49.6 Å². The number of nitrogens with two attached hydrogens (primary N) is 1. The van der Waals surface area contributed by atoms with E-state index in [4.69, 9.17) is 5.73 Å². The van der Waals surface area contributed by atoms with Gasteiger partial charge in [-0.15, -0.1) is 0 Å². The predicted octanol–water partition coefficient (Wildman–Crippen LogP) is 1.04. The summed E-state index contributed by atoms with van der Waals surface area (Å²) in [5.41, 5.74) is 8.00. The maximum atomic E-state index is 11.6. The van der Waals surface area contributed by atoms with Crippen LogP contribution in [0.2, 0.25) is 0 Å². The minimum atomic E-state index is -0.0352. The van der Waals surface area contributed by atoms with Gasteiger partial charge in [-0.3, -0.25) is 4.79 Å². The van der Waals surface area contributed by atoms with Crippen molar-refractivity contribution in [3.8, 4) is 0 Å². The molecule has 0 heterocycles. The minimum absolute atomic E-state index is 0.0352. The Hall–Kier alpha value is -1.71. The maximum Gasteiger partial charge on any atom is 0.253 e. The van der Waals surface area contributed by atoms with Gasteiger partial charge in [-0.1, -0.05) is 0 Å². The first-order chi connectivity index (χ1) is 6.93. The molecule has 0 fully saturated rings. The molecule has 0 unspecified atom stereocenters. The van der Waals surface area contributed by atoms with Gasteiger partial charge in [0.25, 0.3) is 5.91 Å². The summed E-state index contributed by atoms with van der Waals surface area (Å²) in [4.78, 5) is 15.1. The van der Waals surface area contributed by atoms with E-state index in [0.717, 1.165) is 5.69 Å². The summed E-state index contributed by atoms with van der Waals surface area (Å²) in [5.74, 6) is -0.0352. The molecule has 0 aromatic heterocycles. The van der Waals surface area contributed by atoms with Crippen molar-refractivity contribution < 1.29 is 4.79 Å². The zero-order valence-corrected chi connectivity index (χ0v) is 9.61. The zero-order chi connectivity index (χ0) is 11.6. The monoisotopic (exact) mass is 207 g/mol. The number of benzene rings is 1. The summed E-state index contributed by atoms with van der Waals surface area (Å²) in [6.45, 7) is 0. The molecule has 0 aliphatic heterocycles. The fraction of sp³-hybridized carbons (Fsp3) is 0.364. The van der Waals surface area contributed by atoms with Crippen molar-refractivity contribution in [2.24, 2.45) is 0 Å². The molecule has 0 aliphatic carbocycles. The van der Waals surface area contributed by atoms with E-state index >= 15 is 0 Å². The summed E-state index contributed by atoms with van der Waals surface area (Å²) in [6.07, 6.45) is 0. The van der Waals surface area contributed by atoms with Crippen LogP contribution in [0.15, 0.2) is 18.2 Å². The van der Waals surface area contributed by atoms with E-state index in [-0.39, 0.29) is 5.91 Å². The Bertz CT molecular complexity index is 372. The van der Waals surface area contributed by atoms with E-state index in [1.54, 1.807) is 26.2 Å². The molecule has 0 bridgehead atoms. The number of anilines is 2. The van der Waals surface area contributed by atoms with Crippen molar-refractivity contribution in [1.82, 2.24) is 4.90 Å². The van der Waals surface area contributed by atoms with Crippen molar-refractivity contribution in [3.63, 3.8) is 0 Å². The number of hydrogen-bond acceptors (Lipinski definition) is 3. The van der Waals surface area contributed by atoms with Crippen LogP contribution in [0, 0.1) is 0 Å². The summed E-state index contributed by atoms with van der Waals surface area (Å²) >= 11 is 0. The van der Waals surface area contributed by atoms with Gasteiger partial charge in [-0.2, -0.15) is 0 Å². The van der Waals surface area contributed by atoms with E-state index in [1.807, 2.05) is 25.1 Å². The van der Waals surface area contributed by atoms with Crippen LogP contribution in [-0.4, -0.2) is 39.0 Å². The normalized spacial score (nSPS) is 9.87. The van der Waals surface area contributed by atoms with Crippen LogP contribution in [-0.2, 0) is 0 Å². The summed E-state index contributed by atoms with van der Waals surface area (Å²) in [7, 11) is 7.27. The van der Waals surface area contributed by atoms with Crippen LogP contribution in [0.1, 0.15) is 10.4 Å². The van der Waals surface area contributed by atoms with Gasteiger partial charge < -0.3 is 15.5 Å². The van der Waals surface area contributed by atoms with Gasteiger partial charge in [0.2, 0.25) is 0 Å². The minimum Gasteiger partial charge on any atom is -0.397 e. The smallest absolute Gasteiger partial charge is 0.253 e. The summed E-state index contributed by atoms with van der Waals surface area (Å²) < 4.78 is 0. The Balaban J connectivity index is 3.07.